The van der Waals surface area contributed by atoms with Crippen LogP contribution in [-0.4, -0.2) is 17.9 Å². The standard InChI is InChI=1S/C29H30N2O3/c1-19(2)34-24-17-11-20(12-18-24)25-26(30-22-15-13-21(14-16-22)29(3,4)5)28(33)31(27(25)32)23-9-7-6-8-10-23/h6-19,30H,1-5H3. The molecule has 1 aliphatic rings. The van der Waals surface area contributed by atoms with E-state index in [-0.39, 0.29) is 29.0 Å². The van der Waals surface area contributed by atoms with Gasteiger partial charge in [0.15, 0.2) is 0 Å². The summed E-state index contributed by atoms with van der Waals surface area (Å²) in [5.41, 5.74) is 3.74. The smallest absolute Gasteiger partial charge is 0.282 e. The Morgan fingerprint density at radius 1 is 0.794 bits per heavy atom. The maximum Gasteiger partial charge on any atom is 0.282 e. The van der Waals surface area contributed by atoms with Gasteiger partial charge in [-0.3, -0.25) is 9.59 Å². The van der Waals surface area contributed by atoms with Crippen LogP contribution < -0.4 is 15.0 Å². The Balaban J connectivity index is 1.74. The Bertz CT molecular complexity index is 1220. The monoisotopic (exact) mass is 454 g/mol. The van der Waals surface area contributed by atoms with Crippen molar-refractivity contribution in [3.8, 4) is 5.75 Å². The molecule has 1 aliphatic heterocycles. The fourth-order valence-electron chi connectivity index (χ4n) is 3.90. The molecular weight excluding hydrogens is 424 g/mol. The second kappa shape index (κ2) is 9.18. The number of nitrogens with zero attached hydrogens (tertiary/aromatic N) is 1. The van der Waals surface area contributed by atoms with Gasteiger partial charge in [0.25, 0.3) is 11.8 Å². The first-order valence-corrected chi connectivity index (χ1v) is 11.5. The normalized spacial score (nSPS) is 14.2. The highest BCUT2D eigenvalue weighted by atomic mass is 16.5. The summed E-state index contributed by atoms with van der Waals surface area (Å²) < 4.78 is 5.74. The van der Waals surface area contributed by atoms with Crippen molar-refractivity contribution in [2.45, 2.75) is 46.1 Å². The molecule has 34 heavy (non-hydrogen) atoms. The number of hydrogen-bond acceptors (Lipinski definition) is 4. The van der Waals surface area contributed by atoms with Crippen LogP contribution in [0.5, 0.6) is 5.75 Å². The molecular formula is C29H30N2O3. The first-order chi connectivity index (χ1) is 16.1. The predicted molar refractivity (Wildman–Crippen MR) is 137 cm³/mol. The quantitative estimate of drug-likeness (QED) is 0.453. The summed E-state index contributed by atoms with van der Waals surface area (Å²) in [6.07, 6.45) is 0.0432. The third-order valence-corrected chi connectivity index (χ3v) is 5.63. The molecule has 0 bridgehead atoms. The molecule has 3 aromatic rings. The van der Waals surface area contributed by atoms with Gasteiger partial charge in [0.1, 0.15) is 11.4 Å². The molecule has 0 aliphatic carbocycles. The Morgan fingerprint density at radius 3 is 1.97 bits per heavy atom. The average molecular weight is 455 g/mol. The molecule has 174 valence electrons. The van der Waals surface area contributed by atoms with E-state index in [1.54, 1.807) is 12.1 Å². The van der Waals surface area contributed by atoms with Crippen LogP contribution >= 0.6 is 0 Å². The molecule has 0 radical (unpaired) electrons. The maximum absolute atomic E-state index is 13.5. The van der Waals surface area contributed by atoms with Crippen molar-refractivity contribution in [2.75, 3.05) is 10.2 Å². The van der Waals surface area contributed by atoms with Crippen LogP contribution in [-0.2, 0) is 15.0 Å². The number of rotatable bonds is 6. The molecule has 5 heteroatoms. The number of anilines is 2. The van der Waals surface area contributed by atoms with Crippen LogP contribution in [0.15, 0.2) is 84.6 Å². The predicted octanol–water partition coefficient (Wildman–Crippen LogP) is 6.17. The summed E-state index contributed by atoms with van der Waals surface area (Å²) in [5.74, 6) is -0.0283. The van der Waals surface area contributed by atoms with Crippen molar-refractivity contribution in [1.29, 1.82) is 0 Å². The van der Waals surface area contributed by atoms with Crippen LogP contribution in [0.4, 0.5) is 11.4 Å². The molecule has 0 fully saturated rings. The molecule has 0 saturated carbocycles. The summed E-state index contributed by atoms with van der Waals surface area (Å²) in [6, 6.07) is 24.2. The molecule has 5 nitrogen and oxygen atoms in total. The highest BCUT2D eigenvalue weighted by Crippen LogP contribution is 2.34. The molecule has 1 heterocycles. The lowest BCUT2D eigenvalue weighted by Crippen LogP contribution is -2.32. The average Bonchev–Trinajstić information content (AvgIpc) is 3.03. The van der Waals surface area contributed by atoms with Crippen molar-refractivity contribution < 1.29 is 14.3 Å². The molecule has 1 N–H and O–H groups in total. The van der Waals surface area contributed by atoms with E-state index in [1.807, 2.05) is 80.6 Å². The summed E-state index contributed by atoms with van der Waals surface area (Å²) >= 11 is 0. The largest absolute Gasteiger partial charge is 0.491 e. The Labute approximate surface area is 201 Å². The molecule has 0 saturated heterocycles. The zero-order valence-electron chi connectivity index (χ0n) is 20.3. The van der Waals surface area contributed by atoms with E-state index in [1.165, 1.54) is 10.5 Å². The van der Waals surface area contributed by atoms with Crippen molar-refractivity contribution in [2.24, 2.45) is 0 Å². The van der Waals surface area contributed by atoms with Crippen LogP contribution in [0.2, 0.25) is 0 Å². The van der Waals surface area contributed by atoms with Gasteiger partial charge in [-0.25, -0.2) is 4.90 Å². The van der Waals surface area contributed by atoms with Crippen LogP contribution in [0.3, 0.4) is 0 Å². The fraction of sp³-hybridized carbons (Fsp3) is 0.241. The first kappa shape index (κ1) is 23.3. The number of benzene rings is 3. The van der Waals surface area contributed by atoms with Crippen molar-refractivity contribution >= 4 is 28.8 Å². The van der Waals surface area contributed by atoms with Crippen LogP contribution in [0, 0.1) is 0 Å². The Hall–Kier alpha value is -3.86. The second-order valence-corrected chi connectivity index (χ2v) is 9.67. The van der Waals surface area contributed by atoms with E-state index in [9.17, 15) is 9.59 Å². The van der Waals surface area contributed by atoms with Gasteiger partial charge in [0.05, 0.1) is 17.4 Å². The van der Waals surface area contributed by atoms with E-state index in [0.29, 0.717) is 22.6 Å². The minimum atomic E-state index is -0.381. The topological polar surface area (TPSA) is 58.6 Å². The third kappa shape index (κ3) is 4.74. The lowest BCUT2D eigenvalue weighted by molar-refractivity contribution is -0.120. The molecule has 0 spiro atoms. The van der Waals surface area contributed by atoms with Gasteiger partial charge in [-0.2, -0.15) is 0 Å². The summed E-state index contributed by atoms with van der Waals surface area (Å²) in [4.78, 5) is 28.3. The molecule has 0 aromatic heterocycles. The molecule has 0 atom stereocenters. The number of para-hydroxylation sites is 1. The lowest BCUT2D eigenvalue weighted by atomic mass is 9.87. The number of ether oxygens (including phenoxy) is 1. The van der Waals surface area contributed by atoms with E-state index in [4.69, 9.17) is 4.74 Å². The van der Waals surface area contributed by atoms with Crippen molar-refractivity contribution in [3.63, 3.8) is 0 Å². The number of hydrogen-bond donors (Lipinski definition) is 1. The molecule has 2 amide bonds. The Kier molecular flexibility index (Phi) is 6.29. The molecule has 4 rings (SSSR count). The minimum Gasteiger partial charge on any atom is -0.491 e. The van der Waals surface area contributed by atoms with Gasteiger partial charge < -0.3 is 10.1 Å². The minimum absolute atomic E-state index is 0.0199. The summed E-state index contributed by atoms with van der Waals surface area (Å²) in [6.45, 7) is 10.4. The van der Waals surface area contributed by atoms with Gasteiger partial charge in [-0.15, -0.1) is 0 Å². The van der Waals surface area contributed by atoms with Crippen molar-refractivity contribution in [1.82, 2.24) is 0 Å². The number of nitrogens with one attached hydrogen (secondary N) is 1. The highest BCUT2D eigenvalue weighted by Gasteiger charge is 2.40. The lowest BCUT2D eigenvalue weighted by Gasteiger charge is -2.19. The van der Waals surface area contributed by atoms with Gasteiger partial charge in [-0.05, 0) is 66.8 Å². The van der Waals surface area contributed by atoms with Gasteiger partial charge in [0, 0.05) is 5.69 Å². The number of carbonyl (C=O) groups excluding carboxylic acids is 2. The third-order valence-electron chi connectivity index (χ3n) is 5.63. The van der Waals surface area contributed by atoms with E-state index in [0.717, 1.165) is 5.69 Å². The van der Waals surface area contributed by atoms with Crippen LogP contribution in [0.1, 0.15) is 45.7 Å². The fourth-order valence-corrected chi connectivity index (χ4v) is 3.90. The highest BCUT2D eigenvalue weighted by molar-refractivity contribution is 6.46. The Morgan fingerprint density at radius 2 is 1.41 bits per heavy atom. The maximum atomic E-state index is 13.5. The van der Waals surface area contributed by atoms with Gasteiger partial charge >= 0.3 is 0 Å². The summed E-state index contributed by atoms with van der Waals surface area (Å²) in [5, 5.41) is 3.23. The second-order valence-electron chi connectivity index (χ2n) is 9.67. The van der Waals surface area contributed by atoms with E-state index >= 15 is 0 Å². The van der Waals surface area contributed by atoms with E-state index < -0.39 is 0 Å². The zero-order chi connectivity index (χ0) is 24.5. The van der Waals surface area contributed by atoms with Gasteiger partial charge in [0.2, 0.25) is 0 Å². The molecule has 0 unspecified atom stereocenters. The molecule has 3 aromatic carbocycles. The number of imide groups is 1. The van der Waals surface area contributed by atoms with E-state index in [2.05, 4.69) is 26.1 Å². The number of carbonyl (C=O) groups is 2. The summed E-state index contributed by atoms with van der Waals surface area (Å²) in [7, 11) is 0. The van der Waals surface area contributed by atoms with Crippen LogP contribution in [0.25, 0.3) is 5.57 Å². The van der Waals surface area contributed by atoms with Gasteiger partial charge in [-0.1, -0.05) is 63.2 Å². The number of amides is 2. The first-order valence-electron chi connectivity index (χ1n) is 11.5. The SMILES string of the molecule is CC(C)Oc1ccc(C2=C(Nc3ccc(C(C)(C)C)cc3)C(=O)N(c3ccccc3)C2=O)cc1. The zero-order valence-corrected chi connectivity index (χ0v) is 20.3. The van der Waals surface area contributed by atoms with Crippen molar-refractivity contribution in [3.05, 3.63) is 95.7 Å².